The number of halogens is 1. The van der Waals surface area contributed by atoms with Gasteiger partial charge in [0.25, 0.3) is 0 Å². The van der Waals surface area contributed by atoms with Crippen LogP contribution in [0.4, 0.5) is 0 Å². The number of hydrogen-bond donors (Lipinski definition) is 1. The Morgan fingerprint density at radius 1 is 1.50 bits per heavy atom. The van der Waals surface area contributed by atoms with Crippen molar-refractivity contribution < 1.29 is 0 Å². The van der Waals surface area contributed by atoms with Crippen molar-refractivity contribution in [2.45, 2.75) is 32.5 Å². The first kappa shape index (κ1) is 19.3. The van der Waals surface area contributed by atoms with Crippen LogP contribution < -0.4 is 5.32 Å². The maximum Gasteiger partial charge on any atom is 0.193 e. The molecular formula is C19H28ClN5S. The van der Waals surface area contributed by atoms with Crippen LogP contribution in [-0.4, -0.2) is 53.6 Å². The monoisotopic (exact) mass is 393 g/mol. The summed E-state index contributed by atoms with van der Waals surface area (Å²) in [7, 11) is 5.90. The maximum atomic E-state index is 6.09. The molecule has 26 heavy (non-hydrogen) atoms. The fourth-order valence-corrected chi connectivity index (χ4v) is 4.60. The highest BCUT2D eigenvalue weighted by atomic mass is 35.5. The van der Waals surface area contributed by atoms with Crippen LogP contribution in [0.1, 0.15) is 23.1 Å². The molecule has 5 nitrogen and oxygen atoms in total. The minimum atomic E-state index is 0.456. The molecule has 2 aromatic heterocycles. The second-order valence-corrected chi connectivity index (χ2v) is 8.42. The molecule has 1 unspecified atom stereocenters. The first-order chi connectivity index (χ1) is 12.5. The zero-order chi connectivity index (χ0) is 18.7. The van der Waals surface area contributed by atoms with Crippen molar-refractivity contribution in [2.24, 2.45) is 12.0 Å². The number of aromatic nitrogens is 1. The predicted octanol–water partition coefficient (Wildman–Crippen LogP) is 3.19. The molecule has 1 aliphatic rings. The lowest BCUT2D eigenvalue weighted by Gasteiger charge is -2.33. The Balaban J connectivity index is 1.53. The summed E-state index contributed by atoms with van der Waals surface area (Å²) in [5.41, 5.74) is 2.66. The van der Waals surface area contributed by atoms with Gasteiger partial charge in [0.2, 0.25) is 0 Å². The Hall–Kier alpha value is -1.50. The molecule has 142 valence electrons. The fourth-order valence-electron chi connectivity index (χ4n) is 3.44. The van der Waals surface area contributed by atoms with Crippen molar-refractivity contribution in [1.29, 1.82) is 0 Å². The summed E-state index contributed by atoms with van der Waals surface area (Å²) in [6.45, 7) is 6.11. The molecule has 0 aliphatic carbocycles. The number of aliphatic imine (C=N–C) groups is 1. The van der Waals surface area contributed by atoms with Gasteiger partial charge in [-0.3, -0.25) is 9.89 Å². The normalized spacial score (nSPS) is 16.4. The summed E-state index contributed by atoms with van der Waals surface area (Å²) in [5.74, 6) is 0.905. The van der Waals surface area contributed by atoms with Gasteiger partial charge >= 0.3 is 0 Å². The van der Waals surface area contributed by atoms with Crippen LogP contribution in [0.5, 0.6) is 0 Å². The molecule has 0 radical (unpaired) electrons. The second kappa shape index (κ2) is 8.46. The van der Waals surface area contributed by atoms with Crippen LogP contribution in [0.2, 0.25) is 5.02 Å². The van der Waals surface area contributed by atoms with Gasteiger partial charge in [-0.05, 0) is 36.4 Å². The van der Waals surface area contributed by atoms with E-state index in [0.717, 1.165) is 42.9 Å². The van der Waals surface area contributed by atoms with Crippen molar-refractivity contribution in [3.8, 4) is 0 Å². The molecule has 0 fully saturated rings. The zero-order valence-corrected chi connectivity index (χ0v) is 17.6. The Morgan fingerprint density at radius 2 is 2.31 bits per heavy atom. The van der Waals surface area contributed by atoms with Gasteiger partial charge in [-0.25, -0.2) is 0 Å². The molecule has 0 bridgehead atoms. The van der Waals surface area contributed by atoms with E-state index in [0.29, 0.717) is 6.04 Å². The molecule has 1 N–H and O–H groups in total. The van der Waals surface area contributed by atoms with Gasteiger partial charge in [-0.2, -0.15) is 0 Å². The van der Waals surface area contributed by atoms with Gasteiger partial charge in [0.15, 0.2) is 5.96 Å². The Kier molecular flexibility index (Phi) is 6.27. The van der Waals surface area contributed by atoms with Crippen molar-refractivity contribution in [1.82, 2.24) is 19.7 Å². The van der Waals surface area contributed by atoms with E-state index in [1.54, 1.807) is 4.88 Å². The Morgan fingerprint density at radius 3 is 3.00 bits per heavy atom. The smallest absolute Gasteiger partial charge is 0.193 e. The van der Waals surface area contributed by atoms with Crippen LogP contribution in [0.3, 0.4) is 0 Å². The molecule has 0 amide bonds. The quantitative estimate of drug-likeness (QED) is 0.626. The number of nitrogens with zero attached hydrogens (tertiary/aromatic N) is 4. The summed E-state index contributed by atoms with van der Waals surface area (Å²) in [6, 6.07) is 4.72. The summed E-state index contributed by atoms with van der Waals surface area (Å²) in [4.78, 5) is 10.7. The molecule has 2 aromatic rings. The van der Waals surface area contributed by atoms with Gasteiger partial charge in [0.1, 0.15) is 0 Å². The minimum Gasteiger partial charge on any atom is -0.355 e. The van der Waals surface area contributed by atoms with Crippen LogP contribution in [-0.2, 0) is 26.6 Å². The zero-order valence-electron chi connectivity index (χ0n) is 16.0. The highest BCUT2D eigenvalue weighted by molar-refractivity contribution is 7.10. The topological polar surface area (TPSA) is 35.8 Å². The number of rotatable bonds is 5. The van der Waals surface area contributed by atoms with Gasteiger partial charge in [0.05, 0.1) is 11.6 Å². The number of fused-ring (bicyclic) bond motifs is 1. The highest BCUT2D eigenvalue weighted by Crippen LogP contribution is 2.25. The van der Waals surface area contributed by atoms with Gasteiger partial charge in [-0.1, -0.05) is 11.6 Å². The van der Waals surface area contributed by atoms with E-state index in [2.05, 4.69) is 50.1 Å². The van der Waals surface area contributed by atoms with Gasteiger partial charge in [0, 0.05) is 63.6 Å². The summed E-state index contributed by atoms with van der Waals surface area (Å²) in [6.07, 6.45) is 3.10. The third kappa shape index (κ3) is 4.42. The lowest BCUT2D eigenvalue weighted by atomic mass is 10.1. The number of aryl methyl sites for hydroxylation is 1. The van der Waals surface area contributed by atoms with E-state index in [1.807, 2.05) is 37.7 Å². The molecule has 3 rings (SSSR count). The van der Waals surface area contributed by atoms with E-state index in [1.165, 1.54) is 12.0 Å². The Labute approximate surface area is 165 Å². The second-order valence-electron chi connectivity index (χ2n) is 6.98. The number of guanidine groups is 1. The van der Waals surface area contributed by atoms with E-state index in [-0.39, 0.29) is 0 Å². The van der Waals surface area contributed by atoms with E-state index >= 15 is 0 Å². The average Bonchev–Trinajstić information content (AvgIpc) is 3.20. The predicted molar refractivity (Wildman–Crippen MR) is 111 cm³/mol. The molecule has 3 heterocycles. The van der Waals surface area contributed by atoms with Crippen molar-refractivity contribution in [3.63, 3.8) is 0 Å². The minimum absolute atomic E-state index is 0.456. The van der Waals surface area contributed by atoms with Crippen molar-refractivity contribution >= 4 is 28.9 Å². The fraction of sp³-hybridized carbons (Fsp3) is 0.526. The third-order valence-corrected chi connectivity index (χ3v) is 6.29. The lowest BCUT2D eigenvalue weighted by molar-refractivity contribution is 0.192. The highest BCUT2D eigenvalue weighted by Gasteiger charge is 2.21. The van der Waals surface area contributed by atoms with Crippen LogP contribution in [0.25, 0.3) is 0 Å². The maximum absolute atomic E-state index is 6.09. The molecule has 1 atom stereocenters. The van der Waals surface area contributed by atoms with Crippen LogP contribution >= 0.6 is 22.9 Å². The van der Waals surface area contributed by atoms with Crippen LogP contribution in [0.15, 0.2) is 28.7 Å². The van der Waals surface area contributed by atoms with Crippen molar-refractivity contribution in [3.05, 3.63) is 44.9 Å². The number of thiophene rings is 1. The van der Waals surface area contributed by atoms with E-state index < -0.39 is 0 Å². The SMILES string of the molecule is CN=C(NCC(C)N1CCc2sccc2C1)N(C)Cc1cc(Cl)cn1C. The number of hydrogen-bond acceptors (Lipinski definition) is 3. The molecule has 0 saturated carbocycles. The lowest BCUT2D eigenvalue weighted by Crippen LogP contribution is -2.47. The van der Waals surface area contributed by atoms with Crippen molar-refractivity contribution in [2.75, 3.05) is 27.2 Å². The van der Waals surface area contributed by atoms with Crippen LogP contribution in [0, 0.1) is 0 Å². The summed E-state index contributed by atoms with van der Waals surface area (Å²) >= 11 is 7.98. The van der Waals surface area contributed by atoms with Gasteiger partial charge in [-0.15, -0.1) is 11.3 Å². The largest absolute Gasteiger partial charge is 0.355 e. The standard InChI is InChI=1S/C19H28ClN5S/c1-14(25-7-5-18-15(11-25)6-8-26-18)10-22-19(21-2)24(4)13-17-9-16(20)12-23(17)3/h6,8-9,12,14H,5,7,10-11,13H2,1-4H3,(H,21,22). The molecule has 0 saturated heterocycles. The number of nitrogens with one attached hydrogen (secondary N) is 1. The molecule has 1 aliphatic heterocycles. The third-order valence-electron chi connectivity index (χ3n) is 5.06. The molecule has 0 spiro atoms. The first-order valence-corrected chi connectivity index (χ1v) is 10.3. The van der Waals surface area contributed by atoms with E-state index in [9.17, 15) is 0 Å². The average molecular weight is 394 g/mol. The summed E-state index contributed by atoms with van der Waals surface area (Å²) in [5, 5.41) is 6.51. The molecule has 0 aromatic carbocycles. The molecule has 7 heteroatoms. The summed E-state index contributed by atoms with van der Waals surface area (Å²) < 4.78 is 2.06. The molecular weight excluding hydrogens is 366 g/mol. The Bertz CT molecular complexity index is 766. The van der Waals surface area contributed by atoms with Gasteiger partial charge < -0.3 is 14.8 Å². The van der Waals surface area contributed by atoms with E-state index in [4.69, 9.17) is 11.6 Å². The first-order valence-electron chi connectivity index (χ1n) is 8.99.